The summed E-state index contributed by atoms with van der Waals surface area (Å²) in [7, 11) is 0. The van der Waals surface area contributed by atoms with Crippen LogP contribution in [0.2, 0.25) is 0 Å². The van der Waals surface area contributed by atoms with Gasteiger partial charge in [-0.3, -0.25) is 29.0 Å². The maximum Gasteiger partial charge on any atom is 0.247 e. The molecular formula is C19H24N4O4. The number of amides is 4. The number of benzene rings is 1. The Morgan fingerprint density at radius 2 is 1.70 bits per heavy atom. The summed E-state index contributed by atoms with van der Waals surface area (Å²) in [6.07, 6.45) is 1.90. The van der Waals surface area contributed by atoms with Gasteiger partial charge in [-0.1, -0.05) is 6.92 Å². The van der Waals surface area contributed by atoms with Crippen LogP contribution in [0.3, 0.4) is 0 Å². The Morgan fingerprint density at radius 1 is 1.11 bits per heavy atom. The van der Waals surface area contributed by atoms with Crippen molar-refractivity contribution in [1.82, 2.24) is 9.80 Å². The Morgan fingerprint density at radius 3 is 2.22 bits per heavy atom. The second kappa shape index (κ2) is 7.87. The highest BCUT2D eigenvalue weighted by atomic mass is 16.2. The number of rotatable bonds is 7. The van der Waals surface area contributed by atoms with Gasteiger partial charge in [0.2, 0.25) is 23.6 Å². The Labute approximate surface area is 157 Å². The molecule has 2 N–H and O–H groups in total. The zero-order chi connectivity index (χ0) is 19.6. The number of carbonyl (C=O) groups is 4. The molecular weight excluding hydrogens is 348 g/mol. The van der Waals surface area contributed by atoms with Crippen LogP contribution in [0.4, 0.5) is 11.4 Å². The van der Waals surface area contributed by atoms with Gasteiger partial charge in [-0.2, -0.15) is 0 Å². The van der Waals surface area contributed by atoms with E-state index in [9.17, 15) is 19.2 Å². The molecule has 2 fully saturated rings. The van der Waals surface area contributed by atoms with Crippen LogP contribution >= 0.6 is 0 Å². The van der Waals surface area contributed by atoms with Crippen molar-refractivity contribution in [2.75, 3.05) is 23.7 Å². The van der Waals surface area contributed by atoms with Crippen molar-refractivity contribution in [1.29, 1.82) is 0 Å². The molecule has 0 unspecified atom stereocenters. The Kier molecular flexibility index (Phi) is 5.55. The number of nitrogens with one attached hydrogen (secondary N) is 2. The number of nitrogens with zero attached hydrogens (tertiary/aromatic N) is 2. The fourth-order valence-electron chi connectivity index (χ4n) is 3.30. The molecule has 2 aliphatic rings. The lowest BCUT2D eigenvalue weighted by atomic mass is 10.2. The molecule has 8 nitrogen and oxygen atoms in total. The summed E-state index contributed by atoms with van der Waals surface area (Å²) >= 11 is 0. The van der Waals surface area contributed by atoms with E-state index >= 15 is 0 Å². The minimum atomic E-state index is -0.559. The van der Waals surface area contributed by atoms with Crippen molar-refractivity contribution in [2.45, 2.75) is 45.2 Å². The minimum absolute atomic E-state index is 0.0339. The summed E-state index contributed by atoms with van der Waals surface area (Å²) in [5, 5.41) is 5.44. The van der Waals surface area contributed by atoms with Crippen LogP contribution in [0.5, 0.6) is 0 Å². The Hall–Kier alpha value is -2.74. The van der Waals surface area contributed by atoms with Gasteiger partial charge in [0.15, 0.2) is 0 Å². The van der Waals surface area contributed by atoms with Crippen molar-refractivity contribution >= 4 is 35.0 Å². The monoisotopic (exact) mass is 372 g/mol. The van der Waals surface area contributed by atoms with E-state index in [4.69, 9.17) is 0 Å². The highest BCUT2D eigenvalue weighted by molar-refractivity contribution is 6.06. The van der Waals surface area contributed by atoms with Gasteiger partial charge < -0.3 is 10.6 Å². The third kappa shape index (κ3) is 4.51. The molecule has 1 atom stereocenters. The van der Waals surface area contributed by atoms with E-state index in [0.29, 0.717) is 17.9 Å². The molecule has 0 bridgehead atoms. The second-order valence-electron chi connectivity index (χ2n) is 6.92. The van der Waals surface area contributed by atoms with E-state index in [1.807, 2.05) is 6.92 Å². The molecule has 1 saturated carbocycles. The van der Waals surface area contributed by atoms with E-state index in [-0.39, 0.29) is 42.6 Å². The Bertz CT molecular complexity index is 757. The minimum Gasteiger partial charge on any atom is -0.326 e. The van der Waals surface area contributed by atoms with Gasteiger partial charge in [-0.15, -0.1) is 0 Å². The van der Waals surface area contributed by atoms with Crippen molar-refractivity contribution in [3.05, 3.63) is 24.3 Å². The molecule has 1 saturated heterocycles. The average Bonchev–Trinajstić information content (AvgIpc) is 3.39. The third-order valence-electron chi connectivity index (χ3n) is 4.75. The second-order valence-corrected chi connectivity index (χ2v) is 6.92. The molecule has 1 aliphatic carbocycles. The van der Waals surface area contributed by atoms with Crippen molar-refractivity contribution in [3.8, 4) is 0 Å². The summed E-state index contributed by atoms with van der Waals surface area (Å²) in [4.78, 5) is 51.2. The van der Waals surface area contributed by atoms with Crippen LogP contribution in [0.1, 0.15) is 33.1 Å². The first-order valence-electron chi connectivity index (χ1n) is 9.16. The summed E-state index contributed by atoms with van der Waals surface area (Å²) < 4.78 is 0. The number of carbonyl (C=O) groups excluding carboxylic acids is 4. The smallest absolute Gasteiger partial charge is 0.247 e. The molecule has 4 amide bonds. The zero-order valence-electron chi connectivity index (χ0n) is 15.5. The SMILES string of the molecule is CCN(CC(=O)Nc1ccc(NC(C)=O)cc1)[C@@H]1CC(=O)N(C2CC2)C1=O. The lowest BCUT2D eigenvalue weighted by Crippen LogP contribution is -2.45. The first-order valence-corrected chi connectivity index (χ1v) is 9.16. The number of hydrogen-bond acceptors (Lipinski definition) is 5. The predicted molar refractivity (Wildman–Crippen MR) is 99.9 cm³/mol. The maximum absolute atomic E-state index is 12.6. The normalized spacial score (nSPS) is 19.5. The van der Waals surface area contributed by atoms with Crippen LogP contribution < -0.4 is 10.6 Å². The first kappa shape index (κ1) is 19.0. The van der Waals surface area contributed by atoms with E-state index in [1.165, 1.54) is 11.8 Å². The lowest BCUT2D eigenvalue weighted by Gasteiger charge is -2.25. The predicted octanol–water partition coefficient (Wildman–Crippen LogP) is 1.20. The highest BCUT2D eigenvalue weighted by Crippen LogP contribution is 2.32. The molecule has 8 heteroatoms. The molecule has 1 aromatic carbocycles. The van der Waals surface area contributed by atoms with Gasteiger partial charge in [0, 0.05) is 24.3 Å². The van der Waals surface area contributed by atoms with Crippen molar-refractivity contribution < 1.29 is 19.2 Å². The fraction of sp³-hybridized carbons (Fsp3) is 0.474. The molecule has 3 rings (SSSR count). The van der Waals surface area contributed by atoms with Crippen molar-refractivity contribution in [2.24, 2.45) is 0 Å². The van der Waals surface area contributed by atoms with Crippen LogP contribution in [-0.2, 0) is 19.2 Å². The van der Waals surface area contributed by atoms with Gasteiger partial charge in [-0.25, -0.2) is 0 Å². The quantitative estimate of drug-likeness (QED) is 0.701. The summed E-state index contributed by atoms with van der Waals surface area (Å²) in [5.74, 6) is -0.743. The van der Waals surface area contributed by atoms with Crippen LogP contribution in [-0.4, -0.2) is 58.6 Å². The third-order valence-corrected chi connectivity index (χ3v) is 4.75. The zero-order valence-corrected chi connectivity index (χ0v) is 15.5. The molecule has 1 heterocycles. The molecule has 0 aromatic heterocycles. The van der Waals surface area contributed by atoms with Crippen molar-refractivity contribution in [3.63, 3.8) is 0 Å². The summed E-state index contributed by atoms with van der Waals surface area (Å²) in [5.41, 5.74) is 1.24. The molecule has 1 aliphatic heterocycles. The molecule has 144 valence electrons. The van der Waals surface area contributed by atoms with Gasteiger partial charge >= 0.3 is 0 Å². The molecule has 0 radical (unpaired) electrons. The number of likely N-dealkylation sites (N-methyl/N-ethyl adjacent to an activating group) is 1. The van der Waals surface area contributed by atoms with E-state index in [0.717, 1.165) is 12.8 Å². The maximum atomic E-state index is 12.6. The molecule has 1 aromatic rings. The van der Waals surface area contributed by atoms with Crippen LogP contribution in [0.25, 0.3) is 0 Å². The molecule has 27 heavy (non-hydrogen) atoms. The number of hydrogen-bond donors (Lipinski definition) is 2. The number of anilines is 2. The fourth-order valence-corrected chi connectivity index (χ4v) is 3.30. The standard InChI is InChI=1S/C19H24N4O4/c1-3-22(16-10-18(26)23(19(16)27)15-8-9-15)11-17(25)21-14-6-4-13(5-7-14)20-12(2)24/h4-7,15-16H,3,8-11H2,1-2H3,(H,20,24)(H,21,25)/t16-/m1/s1. The van der Waals surface area contributed by atoms with E-state index in [1.54, 1.807) is 29.2 Å². The Balaban J connectivity index is 1.58. The summed E-state index contributed by atoms with van der Waals surface area (Å²) in [6, 6.07) is 6.28. The lowest BCUT2D eigenvalue weighted by molar-refractivity contribution is -0.140. The summed E-state index contributed by atoms with van der Waals surface area (Å²) in [6.45, 7) is 3.82. The van der Waals surface area contributed by atoms with Gasteiger partial charge in [0.1, 0.15) is 0 Å². The van der Waals surface area contributed by atoms with Gasteiger partial charge in [0.25, 0.3) is 0 Å². The topological polar surface area (TPSA) is 98.8 Å². The highest BCUT2D eigenvalue weighted by Gasteiger charge is 2.47. The van der Waals surface area contributed by atoms with Crippen LogP contribution in [0.15, 0.2) is 24.3 Å². The number of likely N-dealkylation sites (tertiary alicyclic amines) is 1. The molecule has 0 spiro atoms. The average molecular weight is 372 g/mol. The van der Waals surface area contributed by atoms with E-state index in [2.05, 4.69) is 10.6 Å². The van der Waals surface area contributed by atoms with E-state index < -0.39 is 6.04 Å². The van der Waals surface area contributed by atoms with Gasteiger partial charge in [-0.05, 0) is 43.7 Å². The van der Waals surface area contributed by atoms with Crippen LogP contribution in [0, 0.1) is 0 Å². The number of imide groups is 1. The van der Waals surface area contributed by atoms with Gasteiger partial charge in [0.05, 0.1) is 19.0 Å². The first-order chi connectivity index (χ1) is 12.9. The largest absolute Gasteiger partial charge is 0.326 e.